The molecule has 1 rings (SSSR count). The number of hydrogen-bond donors (Lipinski definition) is 0. The van der Waals surface area contributed by atoms with E-state index in [2.05, 4.69) is 29.4 Å². The van der Waals surface area contributed by atoms with Crippen LogP contribution in [-0.2, 0) is 6.42 Å². The van der Waals surface area contributed by atoms with Crippen LogP contribution in [0.15, 0.2) is 35.4 Å². The number of aryl methyl sites for hydroxylation is 1. The van der Waals surface area contributed by atoms with Gasteiger partial charge in [0.2, 0.25) is 0 Å². The fourth-order valence-corrected chi connectivity index (χ4v) is 1.10. The van der Waals surface area contributed by atoms with E-state index in [4.69, 9.17) is 0 Å². The van der Waals surface area contributed by atoms with Gasteiger partial charge in [-0.25, -0.2) is 0 Å². The van der Waals surface area contributed by atoms with Gasteiger partial charge < -0.3 is 5.01 Å². The lowest BCUT2D eigenvalue weighted by Crippen LogP contribution is -2.01. The molecule has 2 heteroatoms. The summed E-state index contributed by atoms with van der Waals surface area (Å²) in [7, 11) is 3.86. The maximum Gasteiger partial charge on any atom is 0.0248 e. The molecule has 70 valence electrons. The van der Waals surface area contributed by atoms with Crippen LogP contribution >= 0.6 is 0 Å². The van der Waals surface area contributed by atoms with Gasteiger partial charge in [-0.2, -0.15) is 5.10 Å². The maximum atomic E-state index is 4.15. The average molecular weight is 176 g/mol. The highest BCUT2D eigenvalue weighted by Crippen LogP contribution is 2.00. The summed E-state index contributed by atoms with van der Waals surface area (Å²) in [5, 5.41) is 5.96. The van der Waals surface area contributed by atoms with Gasteiger partial charge in [-0.3, -0.25) is 0 Å². The Bertz CT molecular complexity index is 252. The Morgan fingerprint density at radius 3 is 2.54 bits per heavy atom. The molecule has 1 aromatic carbocycles. The van der Waals surface area contributed by atoms with Gasteiger partial charge in [-0.05, 0) is 18.4 Å². The summed E-state index contributed by atoms with van der Waals surface area (Å²) in [6.07, 6.45) is 4.02. The zero-order valence-corrected chi connectivity index (χ0v) is 8.27. The predicted octanol–water partition coefficient (Wildman–Crippen LogP) is 2.17. The van der Waals surface area contributed by atoms with Crippen LogP contribution < -0.4 is 0 Å². The van der Waals surface area contributed by atoms with Crippen molar-refractivity contribution in [1.29, 1.82) is 0 Å². The fraction of sp³-hybridized carbons (Fsp3) is 0.364. The fourth-order valence-electron chi connectivity index (χ4n) is 1.10. The predicted molar refractivity (Wildman–Crippen MR) is 56.9 cm³/mol. The molecule has 0 amide bonds. The highest BCUT2D eigenvalue weighted by atomic mass is 15.4. The van der Waals surface area contributed by atoms with Gasteiger partial charge in [0.15, 0.2) is 0 Å². The molecule has 0 aromatic heterocycles. The number of hydrazone groups is 1. The van der Waals surface area contributed by atoms with Gasteiger partial charge in [-0.15, -0.1) is 0 Å². The molecule has 0 saturated heterocycles. The third-order valence-electron chi connectivity index (χ3n) is 1.72. The first-order valence-corrected chi connectivity index (χ1v) is 4.53. The lowest BCUT2D eigenvalue weighted by atomic mass is 10.1. The minimum Gasteiger partial charge on any atom is -0.303 e. The van der Waals surface area contributed by atoms with E-state index in [1.54, 1.807) is 0 Å². The molecule has 0 aliphatic rings. The molecule has 0 atom stereocenters. The van der Waals surface area contributed by atoms with E-state index in [1.807, 2.05) is 31.4 Å². The summed E-state index contributed by atoms with van der Waals surface area (Å²) in [5.41, 5.74) is 1.37. The maximum absolute atomic E-state index is 4.15. The lowest BCUT2D eigenvalue weighted by Gasteiger charge is -2.02. The zero-order valence-electron chi connectivity index (χ0n) is 8.27. The second kappa shape index (κ2) is 5.36. The van der Waals surface area contributed by atoms with Crippen LogP contribution in [0.1, 0.15) is 12.0 Å². The lowest BCUT2D eigenvalue weighted by molar-refractivity contribution is 0.439. The topological polar surface area (TPSA) is 15.6 Å². The summed E-state index contributed by atoms with van der Waals surface area (Å²) in [4.78, 5) is 0. The van der Waals surface area contributed by atoms with E-state index < -0.39 is 0 Å². The van der Waals surface area contributed by atoms with Crippen molar-refractivity contribution in [1.82, 2.24) is 5.01 Å². The smallest absolute Gasteiger partial charge is 0.0248 e. The van der Waals surface area contributed by atoms with Crippen molar-refractivity contribution < 1.29 is 0 Å². The standard InChI is InChI=1S/C11H16N2/c1-13(2)12-10-6-9-11-7-4-3-5-8-11/h3-5,7-8,10H,6,9H2,1-2H3/b12-10-. The molecule has 0 radical (unpaired) electrons. The molecular weight excluding hydrogens is 160 g/mol. The molecule has 1 aromatic rings. The van der Waals surface area contributed by atoms with Gasteiger partial charge in [0.25, 0.3) is 0 Å². The van der Waals surface area contributed by atoms with Crippen LogP contribution in [0.3, 0.4) is 0 Å². The van der Waals surface area contributed by atoms with Crippen LogP contribution in [-0.4, -0.2) is 25.3 Å². The Morgan fingerprint density at radius 2 is 1.92 bits per heavy atom. The summed E-state index contributed by atoms with van der Waals surface area (Å²) in [6.45, 7) is 0. The first-order valence-electron chi connectivity index (χ1n) is 4.53. The number of rotatable bonds is 4. The molecule has 0 heterocycles. The SMILES string of the molecule is CN(C)/N=C\CCc1ccccc1. The summed E-state index contributed by atoms with van der Waals surface area (Å²) in [5.74, 6) is 0. The Morgan fingerprint density at radius 1 is 1.23 bits per heavy atom. The molecule has 2 nitrogen and oxygen atoms in total. The number of benzene rings is 1. The highest BCUT2D eigenvalue weighted by molar-refractivity contribution is 5.57. The van der Waals surface area contributed by atoms with Gasteiger partial charge >= 0.3 is 0 Å². The molecule has 0 unspecified atom stereocenters. The molecular formula is C11H16N2. The third-order valence-corrected chi connectivity index (χ3v) is 1.72. The Hall–Kier alpha value is -1.31. The van der Waals surface area contributed by atoms with Crippen LogP contribution in [0.2, 0.25) is 0 Å². The van der Waals surface area contributed by atoms with E-state index in [0.717, 1.165) is 12.8 Å². The van der Waals surface area contributed by atoms with E-state index in [1.165, 1.54) is 5.56 Å². The van der Waals surface area contributed by atoms with Crippen molar-refractivity contribution in [3.8, 4) is 0 Å². The Kier molecular flexibility index (Phi) is 4.03. The van der Waals surface area contributed by atoms with Crippen molar-refractivity contribution in [2.75, 3.05) is 14.1 Å². The van der Waals surface area contributed by atoms with Crippen molar-refractivity contribution in [2.45, 2.75) is 12.8 Å². The number of hydrogen-bond acceptors (Lipinski definition) is 2. The first kappa shape index (κ1) is 9.78. The summed E-state index contributed by atoms with van der Waals surface area (Å²) < 4.78 is 0. The van der Waals surface area contributed by atoms with Crippen LogP contribution in [0.4, 0.5) is 0 Å². The van der Waals surface area contributed by atoms with Gasteiger partial charge in [-0.1, -0.05) is 30.3 Å². The monoisotopic (exact) mass is 176 g/mol. The second-order valence-corrected chi connectivity index (χ2v) is 3.17. The average Bonchev–Trinajstić information content (AvgIpc) is 2.14. The quantitative estimate of drug-likeness (QED) is 0.507. The highest BCUT2D eigenvalue weighted by Gasteiger charge is 1.88. The van der Waals surface area contributed by atoms with E-state index >= 15 is 0 Å². The summed E-state index contributed by atoms with van der Waals surface area (Å²) >= 11 is 0. The second-order valence-electron chi connectivity index (χ2n) is 3.17. The van der Waals surface area contributed by atoms with Crippen molar-refractivity contribution in [2.24, 2.45) is 5.10 Å². The minimum absolute atomic E-state index is 1.00. The molecule has 0 saturated carbocycles. The van der Waals surface area contributed by atoms with E-state index in [0.29, 0.717) is 0 Å². The molecule has 0 fully saturated rings. The summed E-state index contributed by atoms with van der Waals surface area (Å²) in [6, 6.07) is 10.5. The van der Waals surface area contributed by atoms with Crippen LogP contribution in [0, 0.1) is 0 Å². The molecule has 0 N–H and O–H groups in total. The van der Waals surface area contributed by atoms with Gasteiger partial charge in [0.1, 0.15) is 0 Å². The molecule has 0 aliphatic heterocycles. The Labute approximate surface area is 79.9 Å². The first-order chi connectivity index (χ1) is 6.29. The van der Waals surface area contributed by atoms with Crippen molar-refractivity contribution in [3.05, 3.63) is 35.9 Å². The third kappa shape index (κ3) is 4.31. The van der Waals surface area contributed by atoms with Gasteiger partial charge in [0, 0.05) is 20.3 Å². The molecule has 13 heavy (non-hydrogen) atoms. The van der Waals surface area contributed by atoms with Crippen LogP contribution in [0.5, 0.6) is 0 Å². The van der Waals surface area contributed by atoms with Crippen LogP contribution in [0.25, 0.3) is 0 Å². The molecule has 0 aliphatic carbocycles. The van der Waals surface area contributed by atoms with E-state index in [9.17, 15) is 0 Å². The molecule has 0 spiro atoms. The van der Waals surface area contributed by atoms with E-state index in [-0.39, 0.29) is 0 Å². The normalized spacial score (nSPS) is 10.6. The largest absolute Gasteiger partial charge is 0.303 e. The Balaban J connectivity index is 2.28. The van der Waals surface area contributed by atoms with Crippen molar-refractivity contribution in [3.63, 3.8) is 0 Å². The zero-order chi connectivity index (χ0) is 9.52. The minimum atomic E-state index is 1.00. The van der Waals surface area contributed by atoms with Crippen molar-refractivity contribution >= 4 is 6.21 Å². The van der Waals surface area contributed by atoms with Gasteiger partial charge in [0.05, 0.1) is 0 Å². The molecule has 0 bridgehead atoms. The number of nitrogens with zero attached hydrogens (tertiary/aromatic N) is 2.